The maximum atomic E-state index is 13.8. The number of nitrogens with zero attached hydrogens (tertiary/aromatic N) is 2. The van der Waals surface area contributed by atoms with Crippen LogP contribution in [0.2, 0.25) is 0 Å². The summed E-state index contributed by atoms with van der Waals surface area (Å²) in [6.07, 6.45) is 0.373. The average molecular weight is 299 g/mol. The monoisotopic (exact) mass is 299 g/mol. The number of carbonyl (C=O) groups is 1. The van der Waals surface area contributed by atoms with Crippen molar-refractivity contribution in [3.8, 4) is 0 Å². The number of rotatable bonds is 4. The zero-order chi connectivity index (χ0) is 15.7. The Morgan fingerprint density at radius 1 is 1.24 bits per heavy atom. The summed E-state index contributed by atoms with van der Waals surface area (Å²) < 4.78 is 40.1. The lowest BCUT2D eigenvalue weighted by molar-refractivity contribution is -0.119. The molecule has 0 spiro atoms. The molecule has 1 heterocycles. The van der Waals surface area contributed by atoms with Crippen LogP contribution in [0.4, 0.5) is 18.9 Å². The van der Waals surface area contributed by atoms with Crippen LogP contribution in [0.3, 0.4) is 0 Å². The lowest BCUT2D eigenvalue weighted by Crippen LogP contribution is -2.30. The first-order chi connectivity index (χ1) is 9.86. The van der Waals surface area contributed by atoms with Gasteiger partial charge in [-0.05, 0) is 18.9 Å². The third-order valence-electron chi connectivity index (χ3n) is 3.34. The molecule has 7 heteroatoms. The van der Waals surface area contributed by atoms with Crippen molar-refractivity contribution in [2.45, 2.75) is 20.3 Å². The number of hydrogen-bond donors (Lipinski definition) is 1. The highest BCUT2D eigenvalue weighted by Crippen LogP contribution is 2.31. The Balaban J connectivity index is 2.45. The van der Waals surface area contributed by atoms with Gasteiger partial charge in [0.25, 0.3) is 5.91 Å². The Bertz CT molecular complexity index is 601. The van der Waals surface area contributed by atoms with Gasteiger partial charge in [-0.3, -0.25) is 4.79 Å². The standard InChI is InChI=1S/C14H16F3N3O/c1-7(2)13-8(3-4-18)14(21)20(19-13)12-6-10(16)9(15)5-11(12)17/h5-8H,3-4,18H2,1-2H3. The van der Waals surface area contributed by atoms with E-state index in [9.17, 15) is 18.0 Å². The first-order valence-electron chi connectivity index (χ1n) is 6.63. The van der Waals surface area contributed by atoms with E-state index in [1.165, 1.54) is 0 Å². The fourth-order valence-corrected chi connectivity index (χ4v) is 2.31. The van der Waals surface area contributed by atoms with E-state index >= 15 is 0 Å². The molecule has 1 atom stereocenters. The van der Waals surface area contributed by atoms with Gasteiger partial charge in [-0.15, -0.1) is 0 Å². The number of benzene rings is 1. The number of nitrogens with two attached hydrogens (primary N) is 1. The molecule has 114 valence electrons. The van der Waals surface area contributed by atoms with Gasteiger partial charge in [-0.1, -0.05) is 13.8 Å². The summed E-state index contributed by atoms with van der Waals surface area (Å²) in [6.45, 7) is 3.97. The van der Waals surface area contributed by atoms with Crippen molar-refractivity contribution < 1.29 is 18.0 Å². The molecule has 0 bridgehead atoms. The molecule has 1 unspecified atom stereocenters. The number of halogens is 3. The smallest absolute Gasteiger partial charge is 0.256 e. The van der Waals surface area contributed by atoms with Gasteiger partial charge in [-0.2, -0.15) is 10.1 Å². The van der Waals surface area contributed by atoms with E-state index in [1.54, 1.807) is 0 Å². The first-order valence-corrected chi connectivity index (χ1v) is 6.63. The van der Waals surface area contributed by atoms with Crippen molar-refractivity contribution in [2.75, 3.05) is 11.6 Å². The lowest BCUT2D eigenvalue weighted by atomic mass is 9.92. The van der Waals surface area contributed by atoms with Crippen LogP contribution in [0.25, 0.3) is 0 Å². The van der Waals surface area contributed by atoms with Gasteiger partial charge in [0.05, 0.1) is 11.6 Å². The number of carbonyl (C=O) groups excluding carboxylic acids is 1. The molecule has 0 aliphatic carbocycles. The van der Waals surface area contributed by atoms with Crippen LogP contribution in [0.15, 0.2) is 17.2 Å². The second-order valence-corrected chi connectivity index (χ2v) is 5.18. The van der Waals surface area contributed by atoms with Crippen LogP contribution >= 0.6 is 0 Å². The molecule has 0 saturated heterocycles. The molecule has 0 aromatic heterocycles. The molecule has 2 rings (SSSR count). The summed E-state index contributed by atoms with van der Waals surface area (Å²) in [6, 6.07) is 1.04. The summed E-state index contributed by atoms with van der Waals surface area (Å²) >= 11 is 0. The van der Waals surface area contributed by atoms with Crippen LogP contribution in [-0.2, 0) is 4.79 Å². The molecule has 1 aliphatic heterocycles. The molecule has 1 aromatic rings. The SMILES string of the molecule is CC(C)C1=NN(c2cc(F)c(F)cc2F)C(=O)C1CCN. The Labute approximate surface area is 120 Å². The van der Waals surface area contributed by atoms with E-state index in [0.717, 1.165) is 5.01 Å². The average Bonchev–Trinajstić information content (AvgIpc) is 2.73. The molecule has 4 nitrogen and oxygen atoms in total. The van der Waals surface area contributed by atoms with Crippen LogP contribution in [-0.4, -0.2) is 18.2 Å². The predicted molar refractivity (Wildman–Crippen MR) is 73.2 cm³/mol. The van der Waals surface area contributed by atoms with E-state index < -0.39 is 35.0 Å². The summed E-state index contributed by atoms with van der Waals surface area (Å²) in [5.41, 5.74) is 5.65. The number of anilines is 1. The fraction of sp³-hybridized carbons (Fsp3) is 0.429. The summed E-state index contributed by atoms with van der Waals surface area (Å²) in [4.78, 5) is 12.3. The normalized spacial score (nSPS) is 18.6. The van der Waals surface area contributed by atoms with Crippen LogP contribution in [0, 0.1) is 29.3 Å². The quantitative estimate of drug-likeness (QED) is 0.868. The summed E-state index contributed by atoms with van der Waals surface area (Å²) in [5, 5.41) is 4.89. The number of hydrogen-bond acceptors (Lipinski definition) is 3. The van der Waals surface area contributed by atoms with Crippen molar-refractivity contribution in [2.24, 2.45) is 22.7 Å². The highest BCUT2D eigenvalue weighted by Gasteiger charge is 2.38. The minimum absolute atomic E-state index is 0.0381. The molecular weight excluding hydrogens is 283 g/mol. The lowest BCUT2D eigenvalue weighted by Gasteiger charge is -2.15. The van der Waals surface area contributed by atoms with E-state index in [1.807, 2.05) is 13.8 Å². The highest BCUT2D eigenvalue weighted by molar-refractivity contribution is 6.16. The third kappa shape index (κ3) is 2.78. The number of amides is 1. The molecule has 21 heavy (non-hydrogen) atoms. The molecular formula is C14H16F3N3O. The van der Waals surface area contributed by atoms with E-state index in [0.29, 0.717) is 24.3 Å². The molecule has 0 radical (unpaired) electrons. The zero-order valence-corrected chi connectivity index (χ0v) is 11.7. The highest BCUT2D eigenvalue weighted by atomic mass is 19.2. The fourth-order valence-electron chi connectivity index (χ4n) is 2.31. The number of hydrazone groups is 1. The Morgan fingerprint density at radius 2 is 1.86 bits per heavy atom. The minimum atomic E-state index is -1.31. The second kappa shape index (κ2) is 5.85. The van der Waals surface area contributed by atoms with E-state index in [-0.39, 0.29) is 12.5 Å². The van der Waals surface area contributed by atoms with Gasteiger partial charge in [0.2, 0.25) is 0 Å². The molecule has 1 amide bonds. The van der Waals surface area contributed by atoms with Crippen LogP contribution in [0.1, 0.15) is 20.3 Å². The van der Waals surface area contributed by atoms with Gasteiger partial charge in [0.15, 0.2) is 17.5 Å². The van der Waals surface area contributed by atoms with Crippen molar-refractivity contribution in [3.63, 3.8) is 0 Å². The summed E-state index contributed by atoms with van der Waals surface area (Å²) in [5.74, 6) is -4.65. The van der Waals surface area contributed by atoms with Crippen LogP contribution in [0.5, 0.6) is 0 Å². The molecule has 0 saturated carbocycles. The summed E-state index contributed by atoms with van der Waals surface area (Å²) in [7, 11) is 0. The van der Waals surface area contributed by atoms with Gasteiger partial charge >= 0.3 is 0 Å². The maximum Gasteiger partial charge on any atom is 0.256 e. The third-order valence-corrected chi connectivity index (χ3v) is 3.34. The first kappa shape index (κ1) is 15.5. The topological polar surface area (TPSA) is 58.7 Å². The van der Waals surface area contributed by atoms with Gasteiger partial charge in [0.1, 0.15) is 5.69 Å². The predicted octanol–water partition coefficient (Wildman–Crippen LogP) is 2.43. The minimum Gasteiger partial charge on any atom is -0.330 e. The van der Waals surface area contributed by atoms with Gasteiger partial charge in [-0.25, -0.2) is 13.2 Å². The van der Waals surface area contributed by atoms with Crippen molar-refractivity contribution in [1.29, 1.82) is 0 Å². The second-order valence-electron chi connectivity index (χ2n) is 5.18. The van der Waals surface area contributed by atoms with Gasteiger partial charge in [0, 0.05) is 12.1 Å². The zero-order valence-electron chi connectivity index (χ0n) is 11.7. The molecule has 2 N–H and O–H groups in total. The molecule has 1 aliphatic rings. The molecule has 1 aromatic carbocycles. The maximum absolute atomic E-state index is 13.8. The van der Waals surface area contributed by atoms with Crippen LogP contribution < -0.4 is 10.7 Å². The Morgan fingerprint density at radius 3 is 2.43 bits per heavy atom. The van der Waals surface area contributed by atoms with Gasteiger partial charge < -0.3 is 5.73 Å². The van der Waals surface area contributed by atoms with Crippen molar-refractivity contribution in [1.82, 2.24) is 0 Å². The molecule has 0 fully saturated rings. The largest absolute Gasteiger partial charge is 0.330 e. The van der Waals surface area contributed by atoms with E-state index in [4.69, 9.17) is 5.73 Å². The Kier molecular flexibility index (Phi) is 4.32. The van der Waals surface area contributed by atoms with E-state index in [2.05, 4.69) is 5.10 Å². The Hall–Kier alpha value is -1.89. The van der Waals surface area contributed by atoms with Crippen molar-refractivity contribution >= 4 is 17.3 Å². The van der Waals surface area contributed by atoms with Crippen molar-refractivity contribution in [3.05, 3.63) is 29.6 Å².